The smallest absolute Gasteiger partial charge is 0.142 e. The standard InChI is InChI=1S/C16H22ClNO/c1-19-15-13(16(18)8-5-9-16)10-11-6-3-2-4-7-12(11)14(15)17/h10H,2-9,18H2,1H3. The van der Waals surface area contributed by atoms with Crippen LogP contribution in [0.4, 0.5) is 0 Å². The summed E-state index contributed by atoms with van der Waals surface area (Å²) < 4.78 is 5.59. The second-order valence-corrected chi connectivity index (χ2v) is 6.36. The quantitative estimate of drug-likeness (QED) is 0.832. The fourth-order valence-corrected chi connectivity index (χ4v) is 3.80. The molecule has 0 bridgehead atoms. The summed E-state index contributed by atoms with van der Waals surface area (Å²) in [6, 6.07) is 2.28. The van der Waals surface area contributed by atoms with Gasteiger partial charge in [0, 0.05) is 11.1 Å². The van der Waals surface area contributed by atoms with Crippen molar-refractivity contribution in [3.05, 3.63) is 27.8 Å². The van der Waals surface area contributed by atoms with Crippen LogP contribution in [0.15, 0.2) is 6.07 Å². The molecule has 19 heavy (non-hydrogen) atoms. The van der Waals surface area contributed by atoms with E-state index in [1.807, 2.05) is 0 Å². The summed E-state index contributed by atoms with van der Waals surface area (Å²) in [5.74, 6) is 0.824. The first-order valence-electron chi connectivity index (χ1n) is 7.33. The molecule has 0 aromatic heterocycles. The second-order valence-electron chi connectivity index (χ2n) is 5.98. The molecule has 1 fully saturated rings. The van der Waals surface area contributed by atoms with Crippen molar-refractivity contribution in [1.29, 1.82) is 0 Å². The van der Waals surface area contributed by atoms with Gasteiger partial charge in [0.2, 0.25) is 0 Å². The molecule has 0 spiro atoms. The van der Waals surface area contributed by atoms with E-state index in [0.717, 1.165) is 42.0 Å². The van der Waals surface area contributed by atoms with Crippen LogP contribution in [-0.2, 0) is 18.4 Å². The van der Waals surface area contributed by atoms with Gasteiger partial charge in [0.1, 0.15) is 5.75 Å². The molecule has 2 aliphatic carbocycles. The van der Waals surface area contributed by atoms with Crippen molar-refractivity contribution in [1.82, 2.24) is 0 Å². The fraction of sp³-hybridized carbons (Fsp3) is 0.625. The molecule has 1 aromatic carbocycles. The molecule has 0 heterocycles. The molecule has 0 atom stereocenters. The van der Waals surface area contributed by atoms with E-state index in [2.05, 4.69) is 6.07 Å². The average molecular weight is 280 g/mol. The van der Waals surface area contributed by atoms with Crippen molar-refractivity contribution in [2.75, 3.05) is 7.11 Å². The van der Waals surface area contributed by atoms with Crippen molar-refractivity contribution in [2.45, 2.75) is 56.9 Å². The highest BCUT2D eigenvalue weighted by Gasteiger charge is 2.38. The normalized spacial score (nSPS) is 21.2. The monoisotopic (exact) mass is 279 g/mol. The maximum absolute atomic E-state index is 6.61. The molecule has 2 aliphatic rings. The van der Waals surface area contributed by atoms with Crippen molar-refractivity contribution < 1.29 is 4.74 Å². The predicted octanol–water partition coefficient (Wildman–Crippen LogP) is 3.96. The van der Waals surface area contributed by atoms with Crippen LogP contribution >= 0.6 is 11.6 Å². The highest BCUT2D eigenvalue weighted by molar-refractivity contribution is 6.33. The van der Waals surface area contributed by atoms with E-state index >= 15 is 0 Å². The van der Waals surface area contributed by atoms with Gasteiger partial charge >= 0.3 is 0 Å². The van der Waals surface area contributed by atoms with Gasteiger partial charge in [-0.05, 0) is 62.1 Å². The van der Waals surface area contributed by atoms with E-state index in [4.69, 9.17) is 22.1 Å². The van der Waals surface area contributed by atoms with E-state index in [1.54, 1.807) is 7.11 Å². The minimum absolute atomic E-state index is 0.212. The van der Waals surface area contributed by atoms with Crippen LogP contribution in [0.5, 0.6) is 5.75 Å². The number of fused-ring (bicyclic) bond motifs is 1. The number of aryl methyl sites for hydroxylation is 1. The minimum Gasteiger partial charge on any atom is -0.495 e. The second kappa shape index (κ2) is 4.99. The third kappa shape index (κ3) is 2.15. The number of methoxy groups -OCH3 is 1. The Balaban J connectivity index is 2.14. The van der Waals surface area contributed by atoms with Gasteiger partial charge in [-0.25, -0.2) is 0 Å². The molecule has 0 unspecified atom stereocenters. The number of benzene rings is 1. The van der Waals surface area contributed by atoms with Gasteiger partial charge in [-0.15, -0.1) is 0 Å². The van der Waals surface area contributed by atoms with Crippen molar-refractivity contribution >= 4 is 11.6 Å². The highest BCUT2D eigenvalue weighted by Crippen LogP contribution is 2.47. The zero-order valence-electron chi connectivity index (χ0n) is 11.6. The third-order valence-corrected chi connectivity index (χ3v) is 5.17. The van der Waals surface area contributed by atoms with Crippen molar-refractivity contribution in [3.8, 4) is 5.75 Å². The lowest BCUT2D eigenvalue weighted by Crippen LogP contribution is -2.43. The number of nitrogens with two attached hydrogens (primary N) is 1. The number of hydrogen-bond acceptors (Lipinski definition) is 2. The van der Waals surface area contributed by atoms with Gasteiger partial charge in [0.15, 0.2) is 0 Å². The van der Waals surface area contributed by atoms with Crippen LogP contribution in [0.3, 0.4) is 0 Å². The summed E-state index contributed by atoms with van der Waals surface area (Å²) in [4.78, 5) is 0. The summed E-state index contributed by atoms with van der Waals surface area (Å²) in [6.45, 7) is 0. The average Bonchev–Trinajstić information content (AvgIpc) is 2.61. The molecule has 2 N–H and O–H groups in total. The Bertz CT molecular complexity index is 494. The molecule has 0 radical (unpaired) electrons. The number of halogens is 1. The largest absolute Gasteiger partial charge is 0.495 e. The van der Waals surface area contributed by atoms with Crippen LogP contribution in [-0.4, -0.2) is 7.11 Å². The first-order valence-corrected chi connectivity index (χ1v) is 7.71. The van der Waals surface area contributed by atoms with E-state index in [-0.39, 0.29) is 5.54 Å². The van der Waals surface area contributed by atoms with Crippen LogP contribution in [0.25, 0.3) is 0 Å². The zero-order valence-corrected chi connectivity index (χ0v) is 12.4. The van der Waals surface area contributed by atoms with Gasteiger partial charge in [-0.3, -0.25) is 0 Å². The Morgan fingerprint density at radius 1 is 1.16 bits per heavy atom. The number of rotatable bonds is 2. The topological polar surface area (TPSA) is 35.2 Å². The molecule has 3 rings (SSSR count). The maximum atomic E-state index is 6.61. The van der Waals surface area contributed by atoms with Gasteiger partial charge in [0.25, 0.3) is 0 Å². The minimum atomic E-state index is -0.212. The SMILES string of the molecule is COc1c(C2(N)CCC2)cc2c(c1Cl)CCCCC2. The molecular formula is C16H22ClNO. The summed E-state index contributed by atoms with van der Waals surface area (Å²) in [7, 11) is 1.70. The van der Waals surface area contributed by atoms with Crippen LogP contribution in [0.2, 0.25) is 5.02 Å². The molecule has 0 aliphatic heterocycles. The van der Waals surface area contributed by atoms with Crippen LogP contribution < -0.4 is 10.5 Å². The predicted molar refractivity (Wildman–Crippen MR) is 79.0 cm³/mol. The first-order chi connectivity index (χ1) is 9.15. The van der Waals surface area contributed by atoms with E-state index in [9.17, 15) is 0 Å². The third-order valence-electron chi connectivity index (χ3n) is 4.77. The molecule has 3 heteroatoms. The van der Waals surface area contributed by atoms with Gasteiger partial charge in [0.05, 0.1) is 12.1 Å². The van der Waals surface area contributed by atoms with E-state index in [0.29, 0.717) is 0 Å². The van der Waals surface area contributed by atoms with E-state index < -0.39 is 0 Å². The Labute approximate surface area is 120 Å². The highest BCUT2D eigenvalue weighted by atomic mass is 35.5. The molecule has 104 valence electrons. The number of hydrogen-bond donors (Lipinski definition) is 1. The zero-order chi connectivity index (χ0) is 13.5. The Hall–Kier alpha value is -0.730. The van der Waals surface area contributed by atoms with E-state index in [1.165, 1.54) is 36.8 Å². The molecule has 0 saturated heterocycles. The molecular weight excluding hydrogens is 258 g/mol. The van der Waals surface area contributed by atoms with Crippen LogP contribution in [0, 0.1) is 0 Å². The Morgan fingerprint density at radius 3 is 2.53 bits per heavy atom. The van der Waals surface area contributed by atoms with Crippen molar-refractivity contribution in [3.63, 3.8) is 0 Å². The first kappa shape index (κ1) is 13.3. The summed E-state index contributed by atoms with van der Waals surface area (Å²) >= 11 is 6.61. The van der Waals surface area contributed by atoms with Gasteiger partial charge in [-0.1, -0.05) is 18.0 Å². The Kier molecular flexibility index (Phi) is 3.48. The van der Waals surface area contributed by atoms with Crippen LogP contribution in [0.1, 0.15) is 55.2 Å². The van der Waals surface area contributed by atoms with Gasteiger partial charge in [-0.2, -0.15) is 0 Å². The Morgan fingerprint density at radius 2 is 1.89 bits per heavy atom. The lowest BCUT2D eigenvalue weighted by Gasteiger charge is -2.40. The molecule has 1 saturated carbocycles. The lowest BCUT2D eigenvalue weighted by atomic mass is 9.71. The van der Waals surface area contributed by atoms with Gasteiger partial charge < -0.3 is 10.5 Å². The summed E-state index contributed by atoms with van der Waals surface area (Å²) in [6.07, 6.45) is 9.25. The molecule has 2 nitrogen and oxygen atoms in total. The number of ether oxygens (including phenoxy) is 1. The van der Waals surface area contributed by atoms with Crippen molar-refractivity contribution in [2.24, 2.45) is 5.73 Å². The summed E-state index contributed by atoms with van der Waals surface area (Å²) in [5, 5.41) is 0.814. The lowest BCUT2D eigenvalue weighted by molar-refractivity contribution is 0.243. The molecule has 0 amide bonds. The fourth-order valence-electron chi connectivity index (χ4n) is 3.41. The summed E-state index contributed by atoms with van der Waals surface area (Å²) in [5.41, 5.74) is 10.1. The maximum Gasteiger partial charge on any atom is 0.142 e. The molecule has 1 aromatic rings.